The minimum absolute atomic E-state index is 0.483. The van der Waals surface area contributed by atoms with Crippen molar-refractivity contribution < 1.29 is 4.74 Å². The summed E-state index contributed by atoms with van der Waals surface area (Å²) in [6.07, 6.45) is 0. The molecule has 0 spiro atoms. The van der Waals surface area contributed by atoms with E-state index < -0.39 is 0 Å². The Bertz CT molecular complexity index is 757. The van der Waals surface area contributed by atoms with Gasteiger partial charge in [0.05, 0.1) is 10.2 Å². The third-order valence-electron chi connectivity index (χ3n) is 3.13. The molecule has 0 aliphatic carbocycles. The van der Waals surface area contributed by atoms with Gasteiger partial charge < -0.3 is 10.1 Å². The number of halogens is 1. The van der Waals surface area contributed by atoms with E-state index in [2.05, 4.69) is 44.4 Å². The largest absolute Gasteiger partial charge is 0.486 e. The molecule has 3 rings (SSSR count). The number of aromatic nitrogens is 1. The van der Waals surface area contributed by atoms with E-state index in [-0.39, 0.29) is 0 Å². The van der Waals surface area contributed by atoms with Gasteiger partial charge in [0.2, 0.25) is 0 Å². The number of benzene rings is 2. The molecule has 0 radical (unpaired) electrons. The van der Waals surface area contributed by atoms with Crippen LogP contribution in [0.3, 0.4) is 0 Å². The summed E-state index contributed by atoms with van der Waals surface area (Å²) in [6, 6.07) is 12.3. The van der Waals surface area contributed by atoms with Crippen molar-refractivity contribution in [1.82, 2.24) is 10.3 Å². The van der Waals surface area contributed by atoms with Gasteiger partial charge in [0.25, 0.3) is 0 Å². The van der Waals surface area contributed by atoms with Crippen molar-refractivity contribution in [1.29, 1.82) is 0 Å². The SMILES string of the molecule is CNCc1nc(COc2ccc3ccccc3c2Br)cs1. The predicted molar refractivity (Wildman–Crippen MR) is 90.9 cm³/mol. The first-order valence-corrected chi connectivity index (χ1v) is 8.33. The van der Waals surface area contributed by atoms with Crippen molar-refractivity contribution >= 4 is 38.0 Å². The normalized spacial score (nSPS) is 11.0. The minimum atomic E-state index is 0.483. The molecule has 0 aliphatic heterocycles. The van der Waals surface area contributed by atoms with Gasteiger partial charge >= 0.3 is 0 Å². The average molecular weight is 363 g/mol. The van der Waals surface area contributed by atoms with Crippen molar-refractivity contribution in [3.05, 3.63) is 57.0 Å². The zero-order valence-electron chi connectivity index (χ0n) is 11.6. The van der Waals surface area contributed by atoms with Crippen LogP contribution >= 0.6 is 27.3 Å². The zero-order valence-corrected chi connectivity index (χ0v) is 14.0. The molecule has 0 fully saturated rings. The van der Waals surface area contributed by atoms with Crippen LogP contribution in [0, 0.1) is 0 Å². The number of nitrogens with one attached hydrogen (secondary N) is 1. The van der Waals surface area contributed by atoms with Gasteiger partial charge in [0, 0.05) is 11.9 Å². The van der Waals surface area contributed by atoms with Crippen LogP contribution in [-0.4, -0.2) is 12.0 Å². The fourth-order valence-corrected chi connectivity index (χ4v) is 3.52. The molecule has 3 aromatic rings. The van der Waals surface area contributed by atoms with Gasteiger partial charge in [-0.2, -0.15) is 0 Å². The Balaban J connectivity index is 1.76. The Morgan fingerprint density at radius 3 is 2.95 bits per heavy atom. The fraction of sp³-hybridized carbons (Fsp3) is 0.188. The summed E-state index contributed by atoms with van der Waals surface area (Å²) in [5.41, 5.74) is 0.963. The summed E-state index contributed by atoms with van der Waals surface area (Å²) >= 11 is 5.28. The lowest BCUT2D eigenvalue weighted by atomic mass is 10.1. The Kier molecular flexibility index (Phi) is 4.53. The average Bonchev–Trinajstić information content (AvgIpc) is 2.95. The third kappa shape index (κ3) is 3.26. The monoisotopic (exact) mass is 362 g/mol. The second-order valence-electron chi connectivity index (χ2n) is 4.65. The summed E-state index contributed by atoms with van der Waals surface area (Å²) in [5, 5.41) is 8.57. The number of ether oxygens (including phenoxy) is 1. The summed E-state index contributed by atoms with van der Waals surface area (Å²) in [4.78, 5) is 4.52. The lowest BCUT2D eigenvalue weighted by molar-refractivity contribution is 0.300. The van der Waals surface area contributed by atoms with E-state index in [0.717, 1.165) is 32.9 Å². The molecular formula is C16H15BrN2OS. The van der Waals surface area contributed by atoms with Crippen LogP contribution in [0.4, 0.5) is 0 Å². The molecule has 1 heterocycles. The molecule has 0 saturated carbocycles. The summed E-state index contributed by atoms with van der Waals surface area (Å²) in [5.74, 6) is 0.844. The first-order valence-electron chi connectivity index (χ1n) is 6.66. The molecule has 0 unspecified atom stereocenters. The number of nitrogens with zero attached hydrogens (tertiary/aromatic N) is 1. The van der Waals surface area contributed by atoms with E-state index in [1.807, 2.05) is 30.6 Å². The van der Waals surface area contributed by atoms with E-state index in [4.69, 9.17) is 4.74 Å². The van der Waals surface area contributed by atoms with Crippen LogP contribution in [0.25, 0.3) is 10.8 Å². The first kappa shape index (κ1) is 14.5. The zero-order chi connectivity index (χ0) is 14.7. The van der Waals surface area contributed by atoms with Gasteiger partial charge in [0.1, 0.15) is 17.4 Å². The molecule has 1 aromatic heterocycles. The van der Waals surface area contributed by atoms with E-state index in [0.29, 0.717) is 6.61 Å². The molecule has 0 saturated heterocycles. The standard InChI is InChI=1S/C16H15BrN2OS/c1-18-8-15-19-12(10-21-15)9-20-14-7-6-11-4-2-3-5-13(11)16(14)17/h2-7,10,18H,8-9H2,1H3. The molecule has 21 heavy (non-hydrogen) atoms. The van der Waals surface area contributed by atoms with Crippen LogP contribution in [0.1, 0.15) is 10.7 Å². The van der Waals surface area contributed by atoms with Crippen molar-refractivity contribution in [3.63, 3.8) is 0 Å². The lowest BCUT2D eigenvalue weighted by Gasteiger charge is -2.09. The van der Waals surface area contributed by atoms with Gasteiger partial charge in [-0.15, -0.1) is 11.3 Å². The third-order valence-corrected chi connectivity index (χ3v) is 4.85. The molecule has 0 aliphatic rings. The van der Waals surface area contributed by atoms with Crippen molar-refractivity contribution in [2.45, 2.75) is 13.2 Å². The molecule has 0 amide bonds. The quantitative estimate of drug-likeness (QED) is 0.732. The summed E-state index contributed by atoms with van der Waals surface area (Å²) in [7, 11) is 1.92. The van der Waals surface area contributed by atoms with Gasteiger partial charge in [-0.3, -0.25) is 0 Å². The fourth-order valence-electron chi connectivity index (χ4n) is 2.12. The number of hydrogen-bond donors (Lipinski definition) is 1. The summed E-state index contributed by atoms with van der Waals surface area (Å²) in [6.45, 7) is 1.28. The molecular weight excluding hydrogens is 348 g/mol. The van der Waals surface area contributed by atoms with Crippen LogP contribution in [0.5, 0.6) is 5.75 Å². The highest BCUT2D eigenvalue weighted by atomic mass is 79.9. The Labute approximate surface area is 136 Å². The minimum Gasteiger partial charge on any atom is -0.486 e. The van der Waals surface area contributed by atoms with Gasteiger partial charge in [-0.25, -0.2) is 4.98 Å². The molecule has 1 N–H and O–H groups in total. The van der Waals surface area contributed by atoms with Gasteiger partial charge in [-0.05, 0) is 39.8 Å². The van der Waals surface area contributed by atoms with E-state index in [9.17, 15) is 0 Å². The highest BCUT2D eigenvalue weighted by Crippen LogP contribution is 2.33. The molecule has 0 atom stereocenters. The van der Waals surface area contributed by atoms with Crippen LogP contribution < -0.4 is 10.1 Å². The predicted octanol–water partition coefficient (Wildman–Crippen LogP) is 4.36. The number of fused-ring (bicyclic) bond motifs is 1. The van der Waals surface area contributed by atoms with Crippen LogP contribution in [0.15, 0.2) is 46.3 Å². The van der Waals surface area contributed by atoms with Crippen molar-refractivity contribution in [2.24, 2.45) is 0 Å². The number of thiazole rings is 1. The molecule has 3 nitrogen and oxygen atoms in total. The second kappa shape index (κ2) is 6.56. The van der Waals surface area contributed by atoms with E-state index >= 15 is 0 Å². The highest BCUT2D eigenvalue weighted by Gasteiger charge is 2.07. The smallest absolute Gasteiger partial charge is 0.134 e. The van der Waals surface area contributed by atoms with Crippen molar-refractivity contribution in [2.75, 3.05) is 7.05 Å². The van der Waals surface area contributed by atoms with Crippen LogP contribution in [0.2, 0.25) is 0 Å². The van der Waals surface area contributed by atoms with Crippen LogP contribution in [-0.2, 0) is 13.2 Å². The van der Waals surface area contributed by atoms with Gasteiger partial charge in [0.15, 0.2) is 0 Å². The Hall–Kier alpha value is -1.43. The second-order valence-corrected chi connectivity index (χ2v) is 6.39. The number of hydrogen-bond acceptors (Lipinski definition) is 4. The Morgan fingerprint density at radius 2 is 2.10 bits per heavy atom. The van der Waals surface area contributed by atoms with E-state index in [1.54, 1.807) is 11.3 Å². The first-order chi connectivity index (χ1) is 10.3. The molecule has 108 valence electrons. The maximum Gasteiger partial charge on any atom is 0.134 e. The maximum atomic E-state index is 5.90. The topological polar surface area (TPSA) is 34.2 Å². The Morgan fingerprint density at radius 1 is 1.24 bits per heavy atom. The molecule has 0 bridgehead atoms. The van der Waals surface area contributed by atoms with E-state index in [1.165, 1.54) is 5.39 Å². The van der Waals surface area contributed by atoms with Gasteiger partial charge in [-0.1, -0.05) is 30.3 Å². The highest BCUT2D eigenvalue weighted by molar-refractivity contribution is 9.10. The van der Waals surface area contributed by atoms with Crippen molar-refractivity contribution in [3.8, 4) is 5.75 Å². The lowest BCUT2D eigenvalue weighted by Crippen LogP contribution is -2.05. The molecule has 5 heteroatoms. The maximum absolute atomic E-state index is 5.90. The summed E-state index contributed by atoms with van der Waals surface area (Å²) < 4.78 is 6.89. The molecule has 2 aromatic carbocycles. The number of rotatable bonds is 5.